The first-order chi connectivity index (χ1) is 20.1. The van der Waals surface area contributed by atoms with Crippen LogP contribution >= 0.6 is 0 Å². The number of hydrogen-bond donors (Lipinski definition) is 1. The van der Waals surface area contributed by atoms with E-state index in [2.05, 4.69) is 153 Å². The number of benzene rings is 6. The lowest BCUT2D eigenvalue weighted by molar-refractivity contribution is 0.660. The van der Waals surface area contributed by atoms with Crippen molar-refractivity contribution in [1.29, 1.82) is 0 Å². The second-order valence-corrected chi connectivity index (χ2v) is 12.2. The van der Waals surface area contributed by atoms with Gasteiger partial charge < -0.3 is 5.32 Å². The van der Waals surface area contributed by atoms with Crippen LogP contribution in [0.2, 0.25) is 0 Å². The van der Waals surface area contributed by atoms with Crippen LogP contribution in [0.1, 0.15) is 47.2 Å². The first-order valence-electron chi connectivity index (χ1n) is 14.5. The Morgan fingerprint density at radius 1 is 0.366 bits per heavy atom. The largest absolute Gasteiger partial charge is 0.355 e. The Morgan fingerprint density at radius 3 is 1.37 bits per heavy atom. The SMILES string of the molecule is CC1(C)c2ccccc2-c2cc(Nc3ccc4c(c3)C3(c5ccccc5-c5ccccc53)c3ccccc3-4)ccc21. The highest BCUT2D eigenvalue weighted by molar-refractivity contribution is 5.95. The number of rotatable bonds is 2. The zero-order valence-electron chi connectivity index (χ0n) is 23.2. The van der Waals surface area contributed by atoms with Gasteiger partial charge in [0.1, 0.15) is 0 Å². The fourth-order valence-electron chi connectivity index (χ4n) is 8.14. The summed E-state index contributed by atoms with van der Waals surface area (Å²) in [6.45, 7) is 4.67. The second kappa shape index (κ2) is 7.86. The van der Waals surface area contributed by atoms with E-state index in [9.17, 15) is 0 Å². The molecule has 0 aromatic heterocycles. The summed E-state index contributed by atoms with van der Waals surface area (Å²) in [5, 5.41) is 3.80. The number of hydrogen-bond acceptors (Lipinski definition) is 1. The molecule has 0 unspecified atom stereocenters. The summed E-state index contributed by atoms with van der Waals surface area (Å²) in [5.41, 5.74) is 18.2. The van der Waals surface area contributed by atoms with Gasteiger partial charge in [-0.1, -0.05) is 123 Å². The van der Waals surface area contributed by atoms with Crippen LogP contribution in [0, 0.1) is 0 Å². The molecule has 3 aliphatic rings. The van der Waals surface area contributed by atoms with E-state index in [0.717, 1.165) is 11.4 Å². The molecule has 9 rings (SSSR count). The summed E-state index contributed by atoms with van der Waals surface area (Å²) in [4.78, 5) is 0. The van der Waals surface area contributed by atoms with Gasteiger partial charge in [0.2, 0.25) is 0 Å². The Hall–Kier alpha value is -4.88. The van der Waals surface area contributed by atoms with Crippen molar-refractivity contribution in [3.05, 3.63) is 167 Å². The molecule has 0 heterocycles. The average molecular weight is 524 g/mol. The first-order valence-corrected chi connectivity index (χ1v) is 14.5. The highest BCUT2D eigenvalue weighted by atomic mass is 14.9. The lowest BCUT2D eigenvalue weighted by Gasteiger charge is -2.30. The molecular formula is C40H29N. The fraction of sp³-hybridized carbons (Fsp3) is 0.100. The quantitative estimate of drug-likeness (QED) is 0.238. The number of anilines is 2. The highest BCUT2D eigenvalue weighted by Gasteiger charge is 2.51. The van der Waals surface area contributed by atoms with Crippen molar-refractivity contribution in [2.75, 3.05) is 5.32 Å². The maximum absolute atomic E-state index is 3.80. The van der Waals surface area contributed by atoms with Gasteiger partial charge in [0.25, 0.3) is 0 Å². The Bertz CT molecular complexity index is 2000. The lowest BCUT2D eigenvalue weighted by Crippen LogP contribution is -2.25. The second-order valence-electron chi connectivity index (χ2n) is 12.2. The first kappa shape index (κ1) is 22.9. The van der Waals surface area contributed by atoms with E-state index in [1.807, 2.05) is 0 Å². The van der Waals surface area contributed by atoms with E-state index in [1.54, 1.807) is 0 Å². The van der Waals surface area contributed by atoms with E-state index >= 15 is 0 Å². The lowest BCUT2D eigenvalue weighted by atomic mass is 9.70. The smallest absolute Gasteiger partial charge is 0.0726 e. The number of nitrogens with one attached hydrogen (secondary N) is 1. The maximum Gasteiger partial charge on any atom is 0.0726 e. The van der Waals surface area contributed by atoms with Crippen LogP contribution in [0.4, 0.5) is 11.4 Å². The summed E-state index contributed by atoms with van der Waals surface area (Å²) in [6.07, 6.45) is 0. The van der Waals surface area contributed by atoms with Crippen molar-refractivity contribution in [2.24, 2.45) is 0 Å². The minimum atomic E-state index is -0.322. The Morgan fingerprint density at radius 2 is 0.780 bits per heavy atom. The predicted molar refractivity (Wildman–Crippen MR) is 170 cm³/mol. The minimum absolute atomic E-state index is 0.0133. The molecule has 0 saturated carbocycles. The van der Waals surface area contributed by atoms with Crippen LogP contribution < -0.4 is 5.32 Å². The summed E-state index contributed by atoms with van der Waals surface area (Å²) < 4.78 is 0. The minimum Gasteiger partial charge on any atom is -0.355 e. The van der Waals surface area contributed by atoms with Crippen LogP contribution in [0.5, 0.6) is 0 Å². The Kier molecular flexibility index (Phi) is 4.39. The summed E-state index contributed by atoms with van der Waals surface area (Å²) in [5.74, 6) is 0. The topological polar surface area (TPSA) is 12.0 Å². The summed E-state index contributed by atoms with van der Waals surface area (Å²) >= 11 is 0. The zero-order chi connectivity index (χ0) is 27.3. The number of fused-ring (bicyclic) bond motifs is 13. The molecule has 0 radical (unpaired) electrons. The molecule has 1 nitrogen and oxygen atoms in total. The summed E-state index contributed by atoms with van der Waals surface area (Å²) in [6, 6.07) is 49.7. The van der Waals surface area contributed by atoms with Crippen LogP contribution in [-0.4, -0.2) is 0 Å². The van der Waals surface area contributed by atoms with Crippen molar-refractivity contribution < 1.29 is 0 Å². The van der Waals surface area contributed by atoms with Crippen molar-refractivity contribution >= 4 is 11.4 Å². The fourth-order valence-corrected chi connectivity index (χ4v) is 8.14. The third-order valence-corrected chi connectivity index (χ3v) is 9.87. The van der Waals surface area contributed by atoms with Crippen LogP contribution in [-0.2, 0) is 10.8 Å². The van der Waals surface area contributed by atoms with Gasteiger partial charge in [-0.15, -0.1) is 0 Å². The van der Waals surface area contributed by atoms with Gasteiger partial charge in [0.15, 0.2) is 0 Å². The molecule has 0 amide bonds. The monoisotopic (exact) mass is 523 g/mol. The van der Waals surface area contributed by atoms with Gasteiger partial charge >= 0.3 is 0 Å². The molecular weight excluding hydrogens is 494 g/mol. The van der Waals surface area contributed by atoms with Gasteiger partial charge in [-0.2, -0.15) is 0 Å². The van der Waals surface area contributed by atoms with Gasteiger partial charge in [0, 0.05) is 16.8 Å². The van der Waals surface area contributed by atoms with Gasteiger partial charge in [-0.25, -0.2) is 0 Å². The van der Waals surface area contributed by atoms with Crippen molar-refractivity contribution in [3.8, 4) is 33.4 Å². The molecule has 0 aliphatic heterocycles. The molecule has 0 atom stereocenters. The van der Waals surface area contributed by atoms with Gasteiger partial charge in [-0.05, 0) is 91.0 Å². The third-order valence-electron chi connectivity index (χ3n) is 9.87. The summed E-state index contributed by atoms with van der Waals surface area (Å²) in [7, 11) is 0. The molecule has 6 aromatic carbocycles. The Balaban J connectivity index is 1.23. The van der Waals surface area contributed by atoms with Crippen molar-refractivity contribution in [1.82, 2.24) is 0 Å². The predicted octanol–water partition coefficient (Wildman–Crippen LogP) is 10.1. The molecule has 0 fully saturated rings. The van der Waals surface area contributed by atoms with E-state index in [-0.39, 0.29) is 10.8 Å². The molecule has 1 N–H and O–H groups in total. The highest BCUT2D eigenvalue weighted by Crippen LogP contribution is 2.63. The molecule has 1 spiro atoms. The van der Waals surface area contributed by atoms with Crippen LogP contribution in [0.15, 0.2) is 133 Å². The zero-order valence-corrected chi connectivity index (χ0v) is 23.2. The molecule has 41 heavy (non-hydrogen) atoms. The molecule has 3 aliphatic carbocycles. The van der Waals surface area contributed by atoms with Crippen molar-refractivity contribution in [3.63, 3.8) is 0 Å². The van der Waals surface area contributed by atoms with Gasteiger partial charge in [0.05, 0.1) is 5.41 Å². The van der Waals surface area contributed by atoms with E-state index in [0.29, 0.717) is 0 Å². The standard InChI is InChI=1S/C40H29N/c1-39(2)33-15-7-3-14-30(33)32-23-25(20-22-34(32)39)41-26-19-21-31-29-13-6-10-18-37(29)40(38(31)24-26)35-16-8-4-11-27(35)28-12-5-9-17-36(28)40/h3-24,41H,1-2H3. The molecule has 1 heteroatoms. The van der Waals surface area contributed by atoms with E-state index < -0.39 is 0 Å². The van der Waals surface area contributed by atoms with E-state index in [4.69, 9.17) is 0 Å². The molecule has 194 valence electrons. The van der Waals surface area contributed by atoms with Gasteiger partial charge in [-0.3, -0.25) is 0 Å². The normalized spacial score (nSPS) is 15.5. The third kappa shape index (κ3) is 2.81. The van der Waals surface area contributed by atoms with Crippen LogP contribution in [0.25, 0.3) is 33.4 Å². The average Bonchev–Trinajstić information content (AvgIpc) is 3.56. The molecule has 6 aromatic rings. The van der Waals surface area contributed by atoms with E-state index in [1.165, 1.54) is 66.8 Å². The molecule has 0 saturated heterocycles. The van der Waals surface area contributed by atoms with Crippen molar-refractivity contribution in [2.45, 2.75) is 24.7 Å². The maximum atomic E-state index is 3.80. The Labute approximate surface area is 241 Å². The van der Waals surface area contributed by atoms with Crippen LogP contribution in [0.3, 0.4) is 0 Å². The molecule has 0 bridgehead atoms.